The standard InChI is InChI=1S/C25H42O5/c1-18(2)13-14-25(3,4)22(26)12-11-19-17-21-24(30-16-15-29-21)20(19)9-7-5-6-8-10-23(27)28/h13,19-21,24H,5-12,14-17H2,1-4H3,(H,27,28)/t19-,20+,21?,24?/m0/s1. The second kappa shape index (κ2) is 12.0. The van der Waals surface area contributed by atoms with Crippen LogP contribution in [0.4, 0.5) is 0 Å². The minimum Gasteiger partial charge on any atom is -0.481 e. The molecule has 4 atom stereocenters. The number of carbonyl (C=O) groups excluding carboxylic acids is 1. The molecule has 172 valence electrons. The third kappa shape index (κ3) is 7.81. The van der Waals surface area contributed by atoms with E-state index in [0.717, 1.165) is 51.4 Å². The molecule has 0 aromatic heterocycles. The first kappa shape index (κ1) is 25.1. The Kier molecular flexibility index (Phi) is 10.0. The number of ether oxygens (including phenoxy) is 2. The Morgan fingerprint density at radius 3 is 2.40 bits per heavy atom. The number of ketones is 1. The van der Waals surface area contributed by atoms with Gasteiger partial charge in [0.1, 0.15) is 5.78 Å². The van der Waals surface area contributed by atoms with Crippen molar-refractivity contribution in [2.75, 3.05) is 13.2 Å². The Labute approximate surface area is 182 Å². The number of carboxylic acid groups (broad SMARTS) is 1. The molecule has 2 aliphatic rings. The maximum atomic E-state index is 12.9. The first-order valence-electron chi connectivity index (χ1n) is 11.8. The summed E-state index contributed by atoms with van der Waals surface area (Å²) >= 11 is 0. The van der Waals surface area contributed by atoms with Crippen LogP contribution in [-0.2, 0) is 19.1 Å². The molecule has 2 fully saturated rings. The summed E-state index contributed by atoms with van der Waals surface area (Å²) in [5.74, 6) is 0.562. The van der Waals surface area contributed by atoms with Gasteiger partial charge in [0.2, 0.25) is 0 Å². The highest BCUT2D eigenvalue weighted by molar-refractivity contribution is 5.84. The molecule has 0 aromatic carbocycles. The monoisotopic (exact) mass is 422 g/mol. The van der Waals surface area contributed by atoms with E-state index in [2.05, 4.69) is 33.8 Å². The average Bonchev–Trinajstić information content (AvgIpc) is 3.04. The second-order valence-corrected chi connectivity index (χ2v) is 10.1. The lowest BCUT2D eigenvalue weighted by molar-refractivity contribution is -0.138. The van der Waals surface area contributed by atoms with Crippen LogP contribution in [0.2, 0.25) is 0 Å². The van der Waals surface area contributed by atoms with Gasteiger partial charge in [-0.3, -0.25) is 9.59 Å². The summed E-state index contributed by atoms with van der Waals surface area (Å²) in [6.07, 6.45) is 11.1. The molecular weight excluding hydrogens is 380 g/mol. The van der Waals surface area contributed by atoms with E-state index in [-0.39, 0.29) is 24.0 Å². The first-order valence-corrected chi connectivity index (χ1v) is 11.8. The van der Waals surface area contributed by atoms with Crippen LogP contribution in [0.1, 0.15) is 91.9 Å². The minimum atomic E-state index is -0.710. The molecule has 1 saturated heterocycles. The molecule has 1 aliphatic carbocycles. The van der Waals surface area contributed by atoms with E-state index in [1.165, 1.54) is 5.57 Å². The van der Waals surface area contributed by atoms with Crippen LogP contribution < -0.4 is 0 Å². The number of aliphatic carboxylic acids is 1. The van der Waals surface area contributed by atoms with Crippen LogP contribution in [0, 0.1) is 17.3 Å². The third-order valence-corrected chi connectivity index (χ3v) is 6.85. The number of fused-ring (bicyclic) bond motifs is 1. The van der Waals surface area contributed by atoms with Crippen molar-refractivity contribution in [3.63, 3.8) is 0 Å². The molecule has 0 radical (unpaired) electrons. The molecule has 2 rings (SSSR count). The van der Waals surface area contributed by atoms with E-state index in [1.807, 2.05) is 0 Å². The number of unbranched alkanes of at least 4 members (excludes halogenated alkanes) is 3. The first-order chi connectivity index (χ1) is 14.2. The van der Waals surface area contributed by atoms with Crippen molar-refractivity contribution in [3.05, 3.63) is 11.6 Å². The van der Waals surface area contributed by atoms with Crippen LogP contribution in [0.3, 0.4) is 0 Å². The van der Waals surface area contributed by atoms with Crippen LogP contribution in [0.25, 0.3) is 0 Å². The summed E-state index contributed by atoms with van der Waals surface area (Å²) in [7, 11) is 0. The summed E-state index contributed by atoms with van der Waals surface area (Å²) in [5.41, 5.74) is 0.948. The van der Waals surface area contributed by atoms with Gasteiger partial charge in [0.05, 0.1) is 25.4 Å². The molecule has 1 saturated carbocycles. The fraction of sp³-hybridized carbons (Fsp3) is 0.840. The Hall–Kier alpha value is -1.20. The second-order valence-electron chi connectivity index (χ2n) is 10.1. The van der Waals surface area contributed by atoms with E-state index < -0.39 is 5.97 Å². The van der Waals surface area contributed by atoms with E-state index in [1.54, 1.807) is 0 Å². The molecule has 1 heterocycles. The van der Waals surface area contributed by atoms with E-state index in [0.29, 0.717) is 37.3 Å². The topological polar surface area (TPSA) is 72.8 Å². The van der Waals surface area contributed by atoms with Gasteiger partial charge in [-0.1, -0.05) is 44.8 Å². The number of carbonyl (C=O) groups is 2. The number of hydrogen-bond donors (Lipinski definition) is 1. The highest BCUT2D eigenvalue weighted by Crippen LogP contribution is 2.43. The summed E-state index contributed by atoms with van der Waals surface area (Å²) in [5, 5.41) is 8.77. The zero-order chi connectivity index (χ0) is 22.1. The number of hydrogen-bond acceptors (Lipinski definition) is 4. The Morgan fingerprint density at radius 1 is 1.00 bits per heavy atom. The predicted octanol–water partition coefficient (Wildman–Crippen LogP) is 5.56. The van der Waals surface area contributed by atoms with Gasteiger partial charge < -0.3 is 14.6 Å². The van der Waals surface area contributed by atoms with Crippen LogP contribution >= 0.6 is 0 Å². The molecule has 0 bridgehead atoms. The van der Waals surface area contributed by atoms with Gasteiger partial charge in [-0.2, -0.15) is 0 Å². The van der Waals surface area contributed by atoms with Gasteiger partial charge in [-0.15, -0.1) is 0 Å². The number of carboxylic acids is 1. The lowest BCUT2D eigenvalue weighted by Crippen LogP contribution is -2.38. The molecule has 0 spiro atoms. The maximum absolute atomic E-state index is 12.9. The predicted molar refractivity (Wildman–Crippen MR) is 118 cm³/mol. The maximum Gasteiger partial charge on any atom is 0.303 e. The summed E-state index contributed by atoms with van der Waals surface area (Å²) in [6, 6.07) is 0. The van der Waals surface area contributed by atoms with Crippen molar-refractivity contribution in [1.82, 2.24) is 0 Å². The van der Waals surface area contributed by atoms with Crippen molar-refractivity contribution < 1.29 is 24.2 Å². The molecule has 1 aliphatic heterocycles. The third-order valence-electron chi connectivity index (χ3n) is 6.85. The molecule has 5 nitrogen and oxygen atoms in total. The highest BCUT2D eigenvalue weighted by Gasteiger charge is 2.45. The minimum absolute atomic E-state index is 0.163. The largest absolute Gasteiger partial charge is 0.481 e. The fourth-order valence-corrected chi connectivity index (χ4v) is 4.90. The molecule has 2 unspecified atom stereocenters. The van der Waals surface area contributed by atoms with Crippen molar-refractivity contribution in [2.45, 2.75) is 104 Å². The Bertz CT molecular complexity index is 590. The van der Waals surface area contributed by atoms with Crippen molar-refractivity contribution >= 4 is 11.8 Å². The van der Waals surface area contributed by atoms with Crippen LogP contribution in [0.5, 0.6) is 0 Å². The smallest absolute Gasteiger partial charge is 0.303 e. The molecule has 5 heteroatoms. The van der Waals surface area contributed by atoms with Gasteiger partial charge in [0, 0.05) is 18.3 Å². The van der Waals surface area contributed by atoms with E-state index in [4.69, 9.17) is 14.6 Å². The number of Topliss-reactive ketones (excluding diaryl/α,β-unsaturated/α-hetero) is 1. The van der Waals surface area contributed by atoms with Crippen LogP contribution in [-0.4, -0.2) is 42.3 Å². The Morgan fingerprint density at radius 2 is 1.70 bits per heavy atom. The Balaban J connectivity index is 1.86. The molecule has 1 N–H and O–H groups in total. The average molecular weight is 423 g/mol. The highest BCUT2D eigenvalue weighted by atomic mass is 16.6. The van der Waals surface area contributed by atoms with Crippen molar-refractivity contribution in [1.29, 1.82) is 0 Å². The number of rotatable bonds is 13. The lowest BCUT2D eigenvalue weighted by Gasteiger charge is -2.31. The molecular formula is C25H42O5. The SMILES string of the molecule is CC(C)=CCC(C)(C)C(=O)CC[C@H]1CC2OCCOC2[C@@H]1CCCCCCC(=O)O. The van der Waals surface area contributed by atoms with Gasteiger partial charge in [-0.05, 0) is 57.8 Å². The molecule has 0 aromatic rings. The van der Waals surface area contributed by atoms with Crippen molar-refractivity contribution in [3.8, 4) is 0 Å². The molecule has 0 amide bonds. The summed E-state index contributed by atoms with van der Waals surface area (Å²) in [6.45, 7) is 9.61. The van der Waals surface area contributed by atoms with Gasteiger partial charge in [-0.25, -0.2) is 0 Å². The van der Waals surface area contributed by atoms with Gasteiger partial charge in [0.25, 0.3) is 0 Å². The van der Waals surface area contributed by atoms with Gasteiger partial charge in [0.15, 0.2) is 0 Å². The fourth-order valence-electron chi connectivity index (χ4n) is 4.90. The molecule has 30 heavy (non-hydrogen) atoms. The van der Waals surface area contributed by atoms with E-state index >= 15 is 0 Å². The normalized spacial score (nSPS) is 26.3. The quantitative estimate of drug-likeness (QED) is 0.310. The summed E-state index contributed by atoms with van der Waals surface area (Å²) in [4.78, 5) is 23.6. The summed E-state index contributed by atoms with van der Waals surface area (Å²) < 4.78 is 12.1. The van der Waals surface area contributed by atoms with Gasteiger partial charge >= 0.3 is 5.97 Å². The zero-order valence-electron chi connectivity index (χ0n) is 19.5. The zero-order valence-corrected chi connectivity index (χ0v) is 19.5. The lowest BCUT2D eigenvalue weighted by atomic mass is 9.79. The van der Waals surface area contributed by atoms with Crippen LogP contribution in [0.15, 0.2) is 11.6 Å². The van der Waals surface area contributed by atoms with Crippen molar-refractivity contribution in [2.24, 2.45) is 17.3 Å². The van der Waals surface area contributed by atoms with E-state index in [9.17, 15) is 9.59 Å². The number of allylic oxidation sites excluding steroid dienone is 2.